The molecule has 1 heterocycles. The van der Waals surface area contributed by atoms with E-state index in [1.165, 1.54) is 0 Å². The molecular weight excluding hydrogens is 170 g/mol. The molecule has 5 nitrogen and oxygen atoms in total. The first-order valence-electron chi connectivity index (χ1n) is 4.37. The summed E-state index contributed by atoms with van der Waals surface area (Å²) in [6.45, 7) is 0. The van der Waals surface area contributed by atoms with Gasteiger partial charge in [-0.2, -0.15) is 0 Å². The van der Waals surface area contributed by atoms with Gasteiger partial charge in [-0.1, -0.05) is 0 Å². The molecule has 0 bridgehead atoms. The lowest BCUT2D eigenvalue weighted by atomic mass is 10.3. The van der Waals surface area contributed by atoms with Crippen molar-refractivity contribution in [1.82, 2.24) is 14.8 Å². The van der Waals surface area contributed by atoms with Crippen LogP contribution in [-0.4, -0.2) is 25.8 Å². The van der Waals surface area contributed by atoms with Gasteiger partial charge in [0.2, 0.25) is 0 Å². The lowest BCUT2D eigenvalue weighted by Gasteiger charge is -2.01. The maximum atomic E-state index is 10.3. The summed E-state index contributed by atoms with van der Waals surface area (Å²) in [6, 6.07) is 0.527. The Labute approximate surface area is 75.4 Å². The monoisotopic (exact) mass is 181 g/mol. The SMILES string of the molecule is O=C(O)CCc1nncn1C1CC1. The second-order valence-corrected chi connectivity index (χ2v) is 3.28. The number of carbonyl (C=O) groups is 1. The van der Waals surface area contributed by atoms with Crippen LogP contribution in [0.2, 0.25) is 0 Å². The highest BCUT2D eigenvalue weighted by Crippen LogP contribution is 2.35. The number of aryl methyl sites for hydroxylation is 1. The molecule has 1 saturated carbocycles. The Morgan fingerprint density at radius 3 is 3.08 bits per heavy atom. The first kappa shape index (κ1) is 8.22. The van der Waals surface area contributed by atoms with Crippen molar-refractivity contribution in [3.8, 4) is 0 Å². The average Bonchev–Trinajstić information content (AvgIpc) is 2.82. The molecule has 1 aliphatic rings. The summed E-state index contributed by atoms with van der Waals surface area (Å²) in [5.41, 5.74) is 0. The van der Waals surface area contributed by atoms with Gasteiger partial charge < -0.3 is 9.67 Å². The molecule has 0 spiro atoms. The molecule has 1 aliphatic carbocycles. The normalized spacial score (nSPS) is 16.0. The van der Waals surface area contributed by atoms with Gasteiger partial charge in [0.05, 0.1) is 6.42 Å². The van der Waals surface area contributed by atoms with Crippen molar-refractivity contribution in [3.63, 3.8) is 0 Å². The molecule has 2 rings (SSSR count). The summed E-state index contributed by atoms with van der Waals surface area (Å²) in [4.78, 5) is 10.3. The van der Waals surface area contributed by atoms with Crippen LogP contribution in [0.25, 0.3) is 0 Å². The third kappa shape index (κ3) is 1.85. The van der Waals surface area contributed by atoms with E-state index in [9.17, 15) is 4.79 Å². The van der Waals surface area contributed by atoms with Gasteiger partial charge in [0, 0.05) is 12.5 Å². The number of aromatic nitrogens is 3. The van der Waals surface area contributed by atoms with Crippen LogP contribution in [0.5, 0.6) is 0 Å². The van der Waals surface area contributed by atoms with Gasteiger partial charge in [-0.3, -0.25) is 4.79 Å². The molecule has 0 atom stereocenters. The minimum absolute atomic E-state index is 0.130. The zero-order valence-electron chi connectivity index (χ0n) is 7.18. The van der Waals surface area contributed by atoms with E-state index in [4.69, 9.17) is 5.11 Å². The minimum atomic E-state index is -0.787. The van der Waals surface area contributed by atoms with Crippen molar-refractivity contribution in [1.29, 1.82) is 0 Å². The van der Waals surface area contributed by atoms with E-state index < -0.39 is 5.97 Å². The Hall–Kier alpha value is -1.39. The molecule has 1 N–H and O–H groups in total. The lowest BCUT2D eigenvalue weighted by Crippen LogP contribution is -2.04. The molecule has 1 aromatic rings. The Morgan fingerprint density at radius 1 is 1.69 bits per heavy atom. The molecule has 0 radical (unpaired) electrons. The minimum Gasteiger partial charge on any atom is -0.481 e. The fraction of sp³-hybridized carbons (Fsp3) is 0.625. The number of hydrogen-bond acceptors (Lipinski definition) is 3. The lowest BCUT2D eigenvalue weighted by molar-refractivity contribution is -0.137. The van der Waals surface area contributed by atoms with Gasteiger partial charge in [-0.15, -0.1) is 10.2 Å². The molecule has 1 fully saturated rings. The molecule has 0 unspecified atom stereocenters. The van der Waals surface area contributed by atoms with E-state index in [0.29, 0.717) is 12.5 Å². The van der Waals surface area contributed by atoms with E-state index in [0.717, 1.165) is 18.7 Å². The third-order valence-electron chi connectivity index (χ3n) is 2.15. The largest absolute Gasteiger partial charge is 0.481 e. The summed E-state index contributed by atoms with van der Waals surface area (Å²) >= 11 is 0. The van der Waals surface area contributed by atoms with Gasteiger partial charge in [-0.25, -0.2) is 0 Å². The summed E-state index contributed by atoms with van der Waals surface area (Å²) in [7, 11) is 0. The highest BCUT2D eigenvalue weighted by Gasteiger charge is 2.25. The molecule has 1 aromatic heterocycles. The quantitative estimate of drug-likeness (QED) is 0.739. The predicted molar refractivity (Wildman–Crippen MR) is 44.2 cm³/mol. The Balaban J connectivity index is 2.02. The van der Waals surface area contributed by atoms with E-state index in [2.05, 4.69) is 10.2 Å². The van der Waals surface area contributed by atoms with Gasteiger partial charge >= 0.3 is 5.97 Å². The van der Waals surface area contributed by atoms with Crippen LogP contribution in [0.3, 0.4) is 0 Å². The summed E-state index contributed by atoms with van der Waals surface area (Å²) < 4.78 is 1.99. The van der Waals surface area contributed by atoms with Crippen LogP contribution < -0.4 is 0 Å². The van der Waals surface area contributed by atoms with Crippen molar-refractivity contribution in [2.45, 2.75) is 31.7 Å². The molecule has 0 aliphatic heterocycles. The zero-order chi connectivity index (χ0) is 9.26. The molecule has 0 amide bonds. The van der Waals surface area contributed by atoms with Crippen molar-refractivity contribution < 1.29 is 9.90 Å². The number of aliphatic carboxylic acids is 1. The first-order valence-corrected chi connectivity index (χ1v) is 4.37. The van der Waals surface area contributed by atoms with E-state index in [1.807, 2.05) is 4.57 Å². The molecule has 5 heteroatoms. The smallest absolute Gasteiger partial charge is 0.303 e. The fourth-order valence-corrected chi connectivity index (χ4v) is 1.32. The first-order chi connectivity index (χ1) is 6.27. The highest BCUT2D eigenvalue weighted by molar-refractivity contribution is 5.66. The maximum Gasteiger partial charge on any atom is 0.303 e. The van der Waals surface area contributed by atoms with Crippen LogP contribution >= 0.6 is 0 Å². The Morgan fingerprint density at radius 2 is 2.46 bits per heavy atom. The predicted octanol–water partition coefficient (Wildman–Crippen LogP) is 0.630. The average molecular weight is 181 g/mol. The number of carboxylic acids is 1. The molecule has 70 valence electrons. The summed E-state index contributed by atoms with van der Waals surface area (Å²) in [5, 5.41) is 16.2. The van der Waals surface area contributed by atoms with Gasteiger partial charge in [0.25, 0.3) is 0 Å². The fourth-order valence-electron chi connectivity index (χ4n) is 1.32. The van der Waals surface area contributed by atoms with Crippen molar-refractivity contribution in [2.24, 2.45) is 0 Å². The second-order valence-electron chi connectivity index (χ2n) is 3.28. The van der Waals surface area contributed by atoms with Crippen molar-refractivity contribution >= 4 is 5.97 Å². The Kier molecular flexibility index (Phi) is 2.00. The van der Waals surface area contributed by atoms with Crippen LogP contribution in [0, 0.1) is 0 Å². The van der Waals surface area contributed by atoms with Crippen LogP contribution in [0.1, 0.15) is 31.1 Å². The molecule has 13 heavy (non-hydrogen) atoms. The van der Waals surface area contributed by atoms with Crippen LogP contribution in [-0.2, 0) is 11.2 Å². The second kappa shape index (κ2) is 3.16. The van der Waals surface area contributed by atoms with E-state index in [1.54, 1.807) is 6.33 Å². The summed E-state index contributed by atoms with van der Waals surface area (Å²) in [6.07, 6.45) is 4.63. The molecule has 0 aromatic carbocycles. The maximum absolute atomic E-state index is 10.3. The van der Waals surface area contributed by atoms with Gasteiger partial charge in [0.15, 0.2) is 0 Å². The van der Waals surface area contributed by atoms with Crippen LogP contribution in [0.15, 0.2) is 6.33 Å². The highest BCUT2D eigenvalue weighted by atomic mass is 16.4. The molecular formula is C8H11N3O2. The molecule has 0 saturated heterocycles. The third-order valence-corrected chi connectivity index (χ3v) is 2.15. The van der Waals surface area contributed by atoms with E-state index >= 15 is 0 Å². The summed E-state index contributed by atoms with van der Waals surface area (Å²) in [5.74, 6) is 0.00949. The standard InChI is InChI=1S/C8H11N3O2/c12-8(13)4-3-7-10-9-5-11(7)6-1-2-6/h5-6H,1-4H2,(H,12,13). The zero-order valence-corrected chi connectivity index (χ0v) is 7.18. The topological polar surface area (TPSA) is 68.0 Å². The Bertz CT molecular complexity index is 317. The number of nitrogens with zero attached hydrogens (tertiary/aromatic N) is 3. The van der Waals surface area contributed by atoms with E-state index in [-0.39, 0.29) is 6.42 Å². The van der Waals surface area contributed by atoms with Crippen molar-refractivity contribution in [2.75, 3.05) is 0 Å². The number of rotatable bonds is 4. The number of carboxylic acid groups (broad SMARTS) is 1. The van der Waals surface area contributed by atoms with Gasteiger partial charge in [-0.05, 0) is 12.8 Å². The van der Waals surface area contributed by atoms with Gasteiger partial charge in [0.1, 0.15) is 12.2 Å². The van der Waals surface area contributed by atoms with Crippen LogP contribution in [0.4, 0.5) is 0 Å². The van der Waals surface area contributed by atoms with Crippen molar-refractivity contribution in [3.05, 3.63) is 12.2 Å². The number of hydrogen-bond donors (Lipinski definition) is 1.